The van der Waals surface area contributed by atoms with E-state index < -0.39 is 0 Å². The van der Waals surface area contributed by atoms with Gasteiger partial charge in [-0.15, -0.1) is 6.58 Å². The van der Waals surface area contributed by atoms with E-state index in [1.807, 2.05) is 38.2 Å². The van der Waals surface area contributed by atoms with Gasteiger partial charge in [0.25, 0.3) is 0 Å². The molecule has 0 N–H and O–H groups in total. The third kappa shape index (κ3) is 3.67. The van der Waals surface area contributed by atoms with Crippen molar-refractivity contribution in [3.8, 4) is 22.9 Å². The Morgan fingerprint density at radius 1 is 1.32 bits per heavy atom. The summed E-state index contributed by atoms with van der Waals surface area (Å²) in [5.41, 5.74) is 2.99. The average Bonchev–Trinajstić information content (AvgIpc) is 3.40. The van der Waals surface area contributed by atoms with Crippen molar-refractivity contribution in [3.05, 3.63) is 55.0 Å². The zero-order valence-corrected chi connectivity index (χ0v) is 19.5. The molecule has 3 atom stereocenters. The summed E-state index contributed by atoms with van der Waals surface area (Å²) in [7, 11) is 0. The maximum absolute atomic E-state index is 12.8. The Morgan fingerprint density at radius 3 is 2.71 bits per heavy atom. The van der Waals surface area contributed by atoms with Crippen LogP contribution in [0.4, 0.5) is 5.82 Å². The molecule has 8 nitrogen and oxygen atoms in total. The molecule has 0 radical (unpaired) electrons. The Bertz CT molecular complexity index is 1260. The molecule has 3 unspecified atom stereocenters. The molecular weight excluding hydrogens is 428 g/mol. The van der Waals surface area contributed by atoms with E-state index in [0.29, 0.717) is 17.9 Å². The normalized spacial score (nSPS) is 20.3. The van der Waals surface area contributed by atoms with E-state index in [1.54, 1.807) is 23.0 Å². The molecule has 8 heteroatoms. The maximum atomic E-state index is 12.8. The molecule has 0 aliphatic carbocycles. The summed E-state index contributed by atoms with van der Waals surface area (Å²) < 4.78 is 7.40. The van der Waals surface area contributed by atoms with Gasteiger partial charge < -0.3 is 14.5 Å². The summed E-state index contributed by atoms with van der Waals surface area (Å²) in [6.45, 7) is 9.73. The van der Waals surface area contributed by atoms with Crippen LogP contribution in [0.5, 0.6) is 5.75 Å². The van der Waals surface area contributed by atoms with Crippen molar-refractivity contribution >= 4 is 17.2 Å². The van der Waals surface area contributed by atoms with E-state index in [9.17, 15) is 10.1 Å². The lowest BCUT2D eigenvalue weighted by Crippen LogP contribution is -2.57. The molecular formula is C26H28N6O2. The van der Waals surface area contributed by atoms with Gasteiger partial charge in [0.2, 0.25) is 5.91 Å². The second-order valence-electron chi connectivity index (χ2n) is 8.95. The molecule has 3 aromatic heterocycles. The predicted molar refractivity (Wildman–Crippen MR) is 130 cm³/mol. The fourth-order valence-corrected chi connectivity index (χ4v) is 5.16. The lowest BCUT2D eigenvalue weighted by Gasteiger charge is -2.42. The SMILES string of the molecule is C=CC(C)C(=O)N1C2CCC1CN(c1ccc(-c3cc(OCC)cn4ncc(C#N)c34)cn1)C2. The highest BCUT2D eigenvalue weighted by molar-refractivity contribution is 5.85. The monoisotopic (exact) mass is 456 g/mol. The number of ether oxygens (including phenoxy) is 1. The fraction of sp³-hybridized carbons (Fsp3) is 0.385. The van der Waals surface area contributed by atoms with E-state index >= 15 is 0 Å². The Kier molecular flexibility index (Phi) is 5.70. The second-order valence-corrected chi connectivity index (χ2v) is 8.95. The van der Waals surface area contributed by atoms with Crippen molar-refractivity contribution in [3.63, 3.8) is 0 Å². The Hall–Kier alpha value is -3.86. The molecule has 2 fully saturated rings. The van der Waals surface area contributed by atoms with Gasteiger partial charge in [-0.3, -0.25) is 4.79 Å². The predicted octanol–water partition coefficient (Wildman–Crippen LogP) is 3.67. The highest BCUT2D eigenvalue weighted by Gasteiger charge is 2.43. The molecule has 2 saturated heterocycles. The molecule has 0 aromatic carbocycles. The number of hydrogen-bond acceptors (Lipinski definition) is 6. The number of hydrogen-bond donors (Lipinski definition) is 0. The number of fused-ring (bicyclic) bond motifs is 3. The number of amides is 1. The lowest BCUT2D eigenvalue weighted by atomic mass is 10.0. The minimum Gasteiger partial charge on any atom is -0.492 e. The van der Waals surface area contributed by atoms with Crippen LogP contribution >= 0.6 is 0 Å². The topological polar surface area (TPSA) is 86.8 Å². The van der Waals surface area contributed by atoms with Crippen molar-refractivity contribution in [1.82, 2.24) is 19.5 Å². The number of carbonyl (C=O) groups excluding carboxylic acids is 1. The molecule has 0 spiro atoms. The van der Waals surface area contributed by atoms with Crippen LogP contribution in [0.15, 0.2) is 49.4 Å². The highest BCUT2D eigenvalue weighted by Crippen LogP contribution is 2.35. The Balaban J connectivity index is 1.42. The van der Waals surface area contributed by atoms with Crippen molar-refractivity contribution in [2.75, 3.05) is 24.6 Å². The van der Waals surface area contributed by atoms with Crippen LogP contribution in [0.25, 0.3) is 16.6 Å². The number of aromatic nitrogens is 3. The highest BCUT2D eigenvalue weighted by atomic mass is 16.5. The summed E-state index contributed by atoms with van der Waals surface area (Å²) in [5.74, 6) is 1.61. The first-order valence-corrected chi connectivity index (χ1v) is 11.7. The van der Waals surface area contributed by atoms with Crippen LogP contribution in [0.3, 0.4) is 0 Å². The third-order valence-corrected chi connectivity index (χ3v) is 6.88. The van der Waals surface area contributed by atoms with Crippen LogP contribution in [0.2, 0.25) is 0 Å². The molecule has 0 saturated carbocycles. The van der Waals surface area contributed by atoms with Crippen molar-refractivity contribution in [2.45, 2.75) is 38.8 Å². The number of carbonyl (C=O) groups is 1. The largest absolute Gasteiger partial charge is 0.492 e. The summed E-state index contributed by atoms with van der Waals surface area (Å²) >= 11 is 0. The molecule has 2 aliphatic rings. The molecule has 3 aromatic rings. The standard InChI is InChI=1S/C26H28N6O2/c1-4-17(3)26(33)32-20-7-8-21(32)15-30(14-20)24-9-6-18(12-28-24)23-10-22(34-5-2)16-31-25(23)19(11-27)13-29-31/h4,6,9-10,12-13,16-17,20-21H,1,5,7-8,14-15H2,2-3H3. The van der Waals surface area contributed by atoms with E-state index in [4.69, 9.17) is 9.72 Å². The van der Waals surface area contributed by atoms with Crippen LogP contribution in [-0.2, 0) is 4.79 Å². The van der Waals surface area contributed by atoms with Gasteiger partial charge in [-0.2, -0.15) is 10.4 Å². The first-order chi connectivity index (χ1) is 16.5. The summed E-state index contributed by atoms with van der Waals surface area (Å²) in [6.07, 6.45) is 8.97. The van der Waals surface area contributed by atoms with E-state index in [2.05, 4.69) is 27.5 Å². The smallest absolute Gasteiger partial charge is 0.229 e. The first kappa shape index (κ1) is 22.0. The number of pyridine rings is 2. The molecule has 174 valence electrons. The van der Waals surface area contributed by atoms with E-state index in [-0.39, 0.29) is 23.9 Å². The van der Waals surface area contributed by atoms with Gasteiger partial charge in [-0.25, -0.2) is 9.50 Å². The second kappa shape index (κ2) is 8.82. The van der Waals surface area contributed by atoms with Gasteiger partial charge in [-0.05, 0) is 38.0 Å². The minimum atomic E-state index is -0.154. The van der Waals surface area contributed by atoms with Crippen molar-refractivity contribution in [1.29, 1.82) is 5.26 Å². The van der Waals surface area contributed by atoms with Crippen LogP contribution in [0.1, 0.15) is 32.3 Å². The quantitative estimate of drug-likeness (QED) is 0.526. The zero-order valence-electron chi connectivity index (χ0n) is 19.5. The molecule has 2 bridgehead atoms. The van der Waals surface area contributed by atoms with Crippen molar-refractivity contribution < 1.29 is 9.53 Å². The summed E-state index contributed by atoms with van der Waals surface area (Å²) in [4.78, 5) is 22.0. The fourth-order valence-electron chi connectivity index (χ4n) is 5.16. The van der Waals surface area contributed by atoms with Gasteiger partial charge in [0.1, 0.15) is 17.6 Å². The van der Waals surface area contributed by atoms with Gasteiger partial charge in [0.05, 0.1) is 36.0 Å². The van der Waals surface area contributed by atoms with Gasteiger partial charge in [0.15, 0.2) is 0 Å². The lowest BCUT2D eigenvalue weighted by molar-refractivity contribution is -0.136. The van der Waals surface area contributed by atoms with E-state index in [1.165, 1.54) is 0 Å². The van der Waals surface area contributed by atoms with Gasteiger partial charge in [0, 0.05) is 42.5 Å². The van der Waals surface area contributed by atoms with Gasteiger partial charge in [-0.1, -0.05) is 13.0 Å². The number of anilines is 1. The first-order valence-electron chi connectivity index (χ1n) is 11.7. The zero-order chi connectivity index (χ0) is 23.8. The Labute approximate surface area is 199 Å². The maximum Gasteiger partial charge on any atom is 0.229 e. The molecule has 5 rings (SSSR count). The summed E-state index contributed by atoms with van der Waals surface area (Å²) in [6, 6.07) is 8.63. The van der Waals surface area contributed by atoms with Crippen LogP contribution in [0, 0.1) is 17.2 Å². The Morgan fingerprint density at radius 2 is 2.09 bits per heavy atom. The summed E-state index contributed by atoms with van der Waals surface area (Å²) in [5, 5.41) is 13.9. The number of piperazine rings is 1. The molecule has 5 heterocycles. The van der Waals surface area contributed by atoms with Crippen LogP contribution in [-0.4, -0.2) is 57.2 Å². The molecule has 1 amide bonds. The van der Waals surface area contributed by atoms with Crippen molar-refractivity contribution in [2.24, 2.45) is 5.92 Å². The molecule has 2 aliphatic heterocycles. The number of nitrogens with zero attached hydrogens (tertiary/aromatic N) is 6. The average molecular weight is 457 g/mol. The van der Waals surface area contributed by atoms with E-state index in [0.717, 1.165) is 48.4 Å². The number of nitriles is 1. The third-order valence-electron chi connectivity index (χ3n) is 6.88. The van der Waals surface area contributed by atoms with Gasteiger partial charge >= 0.3 is 0 Å². The molecule has 34 heavy (non-hydrogen) atoms. The number of rotatable bonds is 6. The van der Waals surface area contributed by atoms with Crippen LogP contribution < -0.4 is 9.64 Å². The minimum absolute atomic E-state index is 0.154.